The molecule has 108 valence electrons. The van der Waals surface area contributed by atoms with E-state index in [0.29, 0.717) is 12.0 Å². The van der Waals surface area contributed by atoms with Gasteiger partial charge < -0.3 is 0 Å². The van der Waals surface area contributed by atoms with E-state index in [1.807, 2.05) is 6.07 Å². The van der Waals surface area contributed by atoms with Crippen LogP contribution >= 0.6 is 0 Å². The van der Waals surface area contributed by atoms with Gasteiger partial charge in [-0.25, -0.2) is 12.7 Å². The maximum Gasteiger partial charge on any atom is 0.258 e. The summed E-state index contributed by atoms with van der Waals surface area (Å²) in [5, 5.41) is 0. The molecule has 1 amide bonds. The zero-order valence-corrected chi connectivity index (χ0v) is 12.3. The van der Waals surface area contributed by atoms with Gasteiger partial charge in [0.25, 0.3) is 15.9 Å². The Morgan fingerprint density at radius 3 is 2.35 bits per heavy atom. The van der Waals surface area contributed by atoms with Crippen molar-refractivity contribution in [2.75, 3.05) is 6.54 Å². The minimum absolute atomic E-state index is 0.0461. The lowest BCUT2D eigenvalue weighted by Crippen LogP contribution is -2.67. The molecule has 0 spiro atoms. The minimum atomic E-state index is -3.54. The monoisotopic (exact) mass is 295 g/mol. The normalized spacial score (nSPS) is 19.5. The fourth-order valence-electron chi connectivity index (χ4n) is 2.13. The van der Waals surface area contributed by atoms with Gasteiger partial charge in [-0.15, -0.1) is 0 Å². The summed E-state index contributed by atoms with van der Waals surface area (Å²) in [5.41, 5.74) is 0.602. The van der Waals surface area contributed by atoms with Gasteiger partial charge in [0.1, 0.15) is 0 Å². The van der Waals surface area contributed by atoms with Gasteiger partial charge in [-0.1, -0.05) is 30.3 Å². The Kier molecular flexibility index (Phi) is 3.69. The number of hydrogen-bond acceptors (Lipinski definition) is 4. The van der Waals surface area contributed by atoms with Crippen LogP contribution in [0, 0.1) is 0 Å². The van der Waals surface area contributed by atoms with Crippen molar-refractivity contribution in [2.24, 2.45) is 0 Å². The van der Waals surface area contributed by atoms with E-state index in [0.717, 1.165) is 4.31 Å². The van der Waals surface area contributed by atoms with Crippen molar-refractivity contribution in [3.63, 3.8) is 0 Å². The number of nitrogens with zero attached hydrogens (tertiary/aromatic N) is 1. The number of hydrogen-bond donors (Lipinski definition) is 0. The average Bonchev–Trinajstić information content (AvgIpc) is 2.43. The third-order valence-electron chi connectivity index (χ3n) is 3.54. The van der Waals surface area contributed by atoms with Crippen LogP contribution in [0.3, 0.4) is 0 Å². The molecular weight excluding hydrogens is 278 g/mol. The Morgan fingerprint density at radius 2 is 1.80 bits per heavy atom. The first-order chi connectivity index (χ1) is 9.28. The summed E-state index contributed by atoms with van der Waals surface area (Å²) in [6, 6.07) is 8.82. The zero-order valence-electron chi connectivity index (χ0n) is 11.5. The summed E-state index contributed by atoms with van der Waals surface area (Å²) in [4.78, 5) is 23.6. The molecule has 0 radical (unpaired) electrons. The number of benzene rings is 1. The molecule has 0 atom stereocenters. The Bertz CT molecular complexity index is 634. The molecule has 0 saturated carbocycles. The molecule has 6 heteroatoms. The van der Waals surface area contributed by atoms with Crippen LogP contribution in [0.15, 0.2) is 30.3 Å². The van der Waals surface area contributed by atoms with E-state index < -0.39 is 20.7 Å². The van der Waals surface area contributed by atoms with Gasteiger partial charge in [-0.2, -0.15) is 0 Å². The molecule has 20 heavy (non-hydrogen) atoms. The fourth-order valence-corrected chi connectivity index (χ4v) is 3.70. The number of sulfonamides is 1. The van der Waals surface area contributed by atoms with Crippen LogP contribution in [-0.2, 0) is 14.8 Å². The lowest BCUT2D eigenvalue weighted by molar-refractivity contribution is -0.132. The van der Waals surface area contributed by atoms with Crippen molar-refractivity contribution in [2.45, 2.75) is 31.4 Å². The van der Waals surface area contributed by atoms with Gasteiger partial charge in [0.2, 0.25) is 0 Å². The van der Waals surface area contributed by atoms with Crippen molar-refractivity contribution in [3.05, 3.63) is 35.9 Å². The van der Waals surface area contributed by atoms with Crippen LogP contribution in [0.4, 0.5) is 0 Å². The molecule has 0 aromatic heterocycles. The van der Waals surface area contributed by atoms with E-state index in [9.17, 15) is 18.0 Å². The number of Topliss-reactive ketones (excluding diaryl/α,β-unsaturated/α-hetero) is 1. The summed E-state index contributed by atoms with van der Waals surface area (Å²) < 4.78 is 23.2. The second-order valence-electron chi connectivity index (χ2n) is 5.29. The van der Waals surface area contributed by atoms with Crippen molar-refractivity contribution in [1.82, 2.24) is 4.31 Å². The van der Waals surface area contributed by atoms with Crippen LogP contribution in [-0.4, -0.2) is 35.7 Å². The van der Waals surface area contributed by atoms with Gasteiger partial charge >= 0.3 is 0 Å². The first kappa shape index (κ1) is 14.7. The van der Waals surface area contributed by atoms with Gasteiger partial charge in [0, 0.05) is 18.5 Å². The first-order valence-corrected chi connectivity index (χ1v) is 7.87. The van der Waals surface area contributed by atoms with Crippen molar-refractivity contribution < 1.29 is 18.0 Å². The number of carbonyl (C=O) groups excluding carboxylic acids is 2. The highest BCUT2D eigenvalue weighted by Gasteiger charge is 2.59. The smallest absolute Gasteiger partial charge is 0.258 e. The van der Waals surface area contributed by atoms with Crippen LogP contribution in [0.5, 0.6) is 0 Å². The summed E-state index contributed by atoms with van der Waals surface area (Å²) in [6.07, 6.45) is 0.568. The molecule has 1 aromatic rings. The summed E-state index contributed by atoms with van der Waals surface area (Å²) in [5.74, 6) is -0.445. The highest BCUT2D eigenvalue weighted by Crippen LogP contribution is 2.34. The Labute approximate surface area is 118 Å². The quantitative estimate of drug-likeness (QED) is 0.774. The van der Waals surface area contributed by atoms with Gasteiger partial charge in [-0.05, 0) is 20.3 Å². The van der Waals surface area contributed by atoms with Crippen LogP contribution in [0.2, 0.25) is 0 Å². The third kappa shape index (κ3) is 2.24. The molecule has 1 aliphatic heterocycles. The number of amides is 1. The first-order valence-electron chi connectivity index (χ1n) is 6.43. The fraction of sp³-hybridized carbons (Fsp3) is 0.429. The van der Waals surface area contributed by atoms with Crippen molar-refractivity contribution in [1.29, 1.82) is 0 Å². The summed E-state index contributed by atoms with van der Waals surface area (Å²) >= 11 is 0. The second-order valence-corrected chi connectivity index (χ2v) is 7.70. The number of rotatable bonds is 5. The van der Waals surface area contributed by atoms with E-state index >= 15 is 0 Å². The van der Waals surface area contributed by atoms with E-state index in [1.54, 1.807) is 24.3 Å². The maximum atomic E-state index is 11.8. The third-order valence-corrected chi connectivity index (χ3v) is 5.93. The molecule has 0 unspecified atom stereocenters. The van der Waals surface area contributed by atoms with E-state index in [4.69, 9.17) is 0 Å². The molecule has 5 nitrogen and oxygen atoms in total. The van der Waals surface area contributed by atoms with E-state index in [-0.39, 0.29) is 18.7 Å². The number of ketones is 1. The molecular formula is C14H17NO4S. The van der Waals surface area contributed by atoms with E-state index in [2.05, 4.69) is 0 Å². The highest BCUT2D eigenvalue weighted by molar-refractivity contribution is 7.94. The average molecular weight is 295 g/mol. The van der Waals surface area contributed by atoms with Crippen LogP contribution in [0.1, 0.15) is 37.0 Å². The molecule has 1 saturated heterocycles. The lowest BCUT2D eigenvalue weighted by atomic mass is 10.1. The van der Waals surface area contributed by atoms with Crippen molar-refractivity contribution in [3.8, 4) is 0 Å². The van der Waals surface area contributed by atoms with E-state index in [1.165, 1.54) is 13.8 Å². The second kappa shape index (κ2) is 5.01. The van der Waals surface area contributed by atoms with Crippen molar-refractivity contribution >= 4 is 21.7 Å². The molecule has 1 aliphatic rings. The SMILES string of the molecule is CC1(C)C(=O)N(CCCC(=O)c2ccccc2)S1(=O)=O. The van der Waals surface area contributed by atoms with Gasteiger partial charge in [0.15, 0.2) is 10.5 Å². The van der Waals surface area contributed by atoms with Gasteiger partial charge in [0.05, 0.1) is 0 Å². The maximum absolute atomic E-state index is 11.8. The van der Waals surface area contributed by atoms with Gasteiger partial charge in [-0.3, -0.25) is 9.59 Å². The zero-order chi connectivity index (χ0) is 15.0. The molecule has 1 heterocycles. The lowest BCUT2D eigenvalue weighted by Gasteiger charge is -2.43. The number of carbonyl (C=O) groups is 2. The predicted octanol–water partition coefficient (Wildman–Crippen LogP) is 1.60. The highest BCUT2D eigenvalue weighted by atomic mass is 32.2. The Hall–Kier alpha value is -1.69. The topological polar surface area (TPSA) is 71.5 Å². The summed E-state index contributed by atoms with van der Waals surface area (Å²) in [6.45, 7) is 2.87. The molecule has 2 rings (SSSR count). The molecule has 0 bridgehead atoms. The molecule has 0 aliphatic carbocycles. The largest absolute Gasteiger partial charge is 0.294 e. The molecule has 1 fully saturated rings. The molecule has 0 N–H and O–H groups in total. The Balaban J connectivity index is 1.89. The van der Waals surface area contributed by atoms with Crippen LogP contribution in [0.25, 0.3) is 0 Å². The minimum Gasteiger partial charge on any atom is -0.294 e. The van der Waals surface area contributed by atoms with Crippen LogP contribution < -0.4 is 0 Å². The predicted molar refractivity (Wildman–Crippen MR) is 74.7 cm³/mol. The Morgan fingerprint density at radius 1 is 1.20 bits per heavy atom. The standard InChI is InChI=1S/C14H17NO4S/c1-14(2)13(17)15(20(14,18)19)10-6-9-12(16)11-7-4-3-5-8-11/h3-5,7-8H,6,9-10H2,1-2H3. The summed E-state index contributed by atoms with van der Waals surface area (Å²) in [7, 11) is -3.54. The molecule has 1 aromatic carbocycles.